The molecule has 4 rings (SSSR count). The summed E-state index contributed by atoms with van der Waals surface area (Å²) in [7, 11) is -4.11. The number of halogens is 3. The van der Waals surface area contributed by atoms with E-state index >= 15 is 0 Å². The van der Waals surface area contributed by atoms with Gasteiger partial charge in [-0.05, 0) is 47.9 Å². The lowest BCUT2D eigenvalue weighted by molar-refractivity contribution is 0.102. The number of nitrogens with zero attached hydrogens (tertiary/aromatic N) is 1. The first-order valence-electron chi connectivity index (χ1n) is 9.09. The van der Waals surface area contributed by atoms with Gasteiger partial charge >= 0.3 is 0 Å². The van der Waals surface area contributed by atoms with Gasteiger partial charge in [0.2, 0.25) is 10.0 Å². The van der Waals surface area contributed by atoms with Crippen LogP contribution in [-0.2, 0) is 16.4 Å². The van der Waals surface area contributed by atoms with Crippen LogP contribution < -0.4 is 5.32 Å². The van der Waals surface area contributed by atoms with Crippen molar-refractivity contribution < 1.29 is 27.1 Å². The highest BCUT2D eigenvalue weighted by atomic mass is 35.5. The Labute approximate surface area is 176 Å². The number of β-amino-alcohol motifs (C(OH)–C–C–N with tert-alkyl or cyclic N) is 1. The second-order valence-corrected chi connectivity index (χ2v) is 9.48. The molecule has 2 unspecified atom stereocenters. The van der Waals surface area contributed by atoms with Crippen LogP contribution >= 0.6 is 11.6 Å². The molecule has 1 amide bonds. The van der Waals surface area contributed by atoms with E-state index in [1.54, 1.807) is 12.2 Å². The van der Waals surface area contributed by atoms with Gasteiger partial charge in [-0.15, -0.1) is 0 Å². The normalized spacial score (nSPS) is 21.1. The number of aliphatic hydroxyl groups is 1. The molecule has 30 heavy (non-hydrogen) atoms. The van der Waals surface area contributed by atoms with E-state index in [0.29, 0.717) is 17.5 Å². The number of hydrogen-bond donors (Lipinski definition) is 2. The Balaban J connectivity index is 1.70. The number of sulfonamides is 1. The number of hydrogen-bond acceptors (Lipinski definition) is 4. The van der Waals surface area contributed by atoms with Crippen LogP contribution in [0.2, 0.25) is 5.02 Å². The molecule has 1 fully saturated rings. The smallest absolute Gasteiger partial charge is 0.256 e. The molecule has 2 aromatic carbocycles. The third kappa shape index (κ3) is 3.74. The number of allylic oxidation sites excluding steroid dienone is 1. The summed E-state index contributed by atoms with van der Waals surface area (Å²) in [5, 5.41) is 12.0. The van der Waals surface area contributed by atoms with E-state index in [2.05, 4.69) is 5.32 Å². The van der Waals surface area contributed by atoms with E-state index in [1.807, 2.05) is 0 Å². The summed E-state index contributed by atoms with van der Waals surface area (Å²) < 4.78 is 53.9. The molecule has 2 aliphatic rings. The molecular weight excluding hydrogens is 438 g/mol. The van der Waals surface area contributed by atoms with Crippen molar-refractivity contribution in [2.45, 2.75) is 23.6 Å². The van der Waals surface area contributed by atoms with Crippen LogP contribution in [0, 0.1) is 5.82 Å². The van der Waals surface area contributed by atoms with Gasteiger partial charge in [-0.2, -0.15) is 4.31 Å². The Kier molecular flexibility index (Phi) is 5.39. The van der Waals surface area contributed by atoms with Crippen LogP contribution in [0.5, 0.6) is 0 Å². The molecule has 0 spiro atoms. The van der Waals surface area contributed by atoms with E-state index in [9.17, 15) is 27.1 Å². The topological polar surface area (TPSA) is 86.7 Å². The summed E-state index contributed by atoms with van der Waals surface area (Å²) in [6.07, 6.45) is 0.901. The highest BCUT2D eigenvalue weighted by Gasteiger charge is 2.39. The molecule has 2 aromatic rings. The molecular formula is C20H17ClF2N2O4S. The minimum absolute atomic E-state index is 0.108. The van der Waals surface area contributed by atoms with E-state index in [-0.39, 0.29) is 27.7 Å². The van der Waals surface area contributed by atoms with Gasteiger partial charge in [-0.3, -0.25) is 4.79 Å². The molecule has 0 radical (unpaired) electrons. The van der Waals surface area contributed by atoms with Crippen molar-refractivity contribution in [3.63, 3.8) is 0 Å². The average molecular weight is 455 g/mol. The molecule has 1 heterocycles. The van der Waals surface area contributed by atoms with Crippen LogP contribution in [0.1, 0.15) is 21.5 Å². The van der Waals surface area contributed by atoms with E-state index in [4.69, 9.17) is 11.6 Å². The molecule has 0 saturated carbocycles. The molecule has 1 saturated heterocycles. The molecule has 0 bridgehead atoms. The Morgan fingerprint density at radius 1 is 1.23 bits per heavy atom. The number of carbonyl (C=O) groups excluding carboxylic acids is 1. The molecule has 2 atom stereocenters. The molecule has 6 nitrogen and oxygen atoms in total. The van der Waals surface area contributed by atoms with Gasteiger partial charge in [0.25, 0.3) is 5.91 Å². The lowest BCUT2D eigenvalue weighted by atomic mass is 10.0. The Morgan fingerprint density at radius 3 is 2.67 bits per heavy atom. The quantitative estimate of drug-likeness (QED) is 0.743. The van der Waals surface area contributed by atoms with Crippen molar-refractivity contribution in [1.82, 2.24) is 4.31 Å². The fourth-order valence-corrected chi connectivity index (χ4v) is 5.25. The Hall–Kier alpha value is -2.33. The van der Waals surface area contributed by atoms with Gasteiger partial charge in [0.1, 0.15) is 18.1 Å². The molecule has 1 aliphatic heterocycles. The summed E-state index contributed by atoms with van der Waals surface area (Å²) in [5.41, 5.74) is 1.56. The monoisotopic (exact) mass is 454 g/mol. The molecule has 1 aliphatic carbocycles. The summed E-state index contributed by atoms with van der Waals surface area (Å²) >= 11 is 5.75. The van der Waals surface area contributed by atoms with Crippen molar-refractivity contribution in [1.29, 1.82) is 0 Å². The second kappa shape index (κ2) is 7.73. The molecule has 158 valence electrons. The minimum atomic E-state index is -4.11. The lowest BCUT2D eigenvalue weighted by Crippen LogP contribution is -2.30. The maximum absolute atomic E-state index is 13.7. The first kappa shape index (κ1) is 20.9. The zero-order valence-electron chi connectivity index (χ0n) is 15.5. The number of benzene rings is 2. The highest BCUT2D eigenvalue weighted by molar-refractivity contribution is 7.89. The van der Waals surface area contributed by atoms with E-state index in [1.165, 1.54) is 24.3 Å². The van der Waals surface area contributed by atoms with E-state index in [0.717, 1.165) is 10.4 Å². The number of alkyl halides is 1. The number of fused-ring (bicyclic) bond motifs is 1. The molecule has 0 aromatic heterocycles. The largest absolute Gasteiger partial charge is 0.389 e. The van der Waals surface area contributed by atoms with E-state index < -0.39 is 40.6 Å². The van der Waals surface area contributed by atoms with Crippen LogP contribution in [0.3, 0.4) is 0 Å². The standard InChI is InChI=1S/C20H17ClF2N2O4S/c21-16-7-12(4-5-17(16)22)24-20(27)15-8-13(6-11-2-1-3-14(11)15)30(28,29)25-9-18(23)19(26)10-25/h1,3-8,18-19,26H,2,9-10H2,(H,24,27). The number of anilines is 1. The highest BCUT2D eigenvalue weighted by Crippen LogP contribution is 2.31. The van der Waals surface area contributed by atoms with Gasteiger partial charge in [0.15, 0.2) is 0 Å². The van der Waals surface area contributed by atoms with Crippen LogP contribution in [0.4, 0.5) is 14.5 Å². The minimum Gasteiger partial charge on any atom is -0.389 e. The SMILES string of the molecule is O=C(Nc1ccc(F)c(Cl)c1)c1cc(S(=O)(=O)N2CC(O)C(F)C2)cc2c1C=CC2. The number of carbonyl (C=O) groups is 1. The Bertz CT molecular complexity index is 1160. The number of rotatable bonds is 4. The van der Waals surface area contributed by atoms with Crippen molar-refractivity contribution in [3.05, 3.63) is 63.9 Å². The van der Waals surface area contributed by atoms with Gasteiger partial charge < -0.3 is 10.4 Å². The van der Waals surface area contributed by atoms with Crippen LogP contribution in [0.15, 0.2) is 41.3 Å². The maximum Gasteiger partial charge on any atom is 0.256 e. The summed E-state index contributed by atoms with van der Waals surface area (Å²) in [6, 6.07) is 6.37. The number of nitrogens with one attached hydrogen (secondary N) is 1. The van der Waals surface area contributed by atoms with Crippen LogP contribution in [0.25, 0.3) is 6.08 Å². The fourth-order valence-electron chi connectivity index (χ4n) is 3.52. The van der Waals surface area contributed by atoms with Gasteiger partial charge in [-0.1, -0.05) is 23.8 Å². The average Bonchev–Trinajstić information content (AvgIpc) is 3.30. The summed E-state index contributed by atoms with van der Waals surface area (Å²) in [4.78, 5) is 12.7. The van der Waals surface area contributed by atoms with Gasteiger partial charge in [0, 0.05) is 24.3 Å². The predicted molar refractivity (Wildman–Crippen MR) is 108 cm³/mol. The first-order valence-corrected chi connectivity index (χ1v) is 10.9. The summed E-state index contributed by atoms with van der Waals surface area (Å²) in [5.74, 6) is -1.23. The van der Waals surface area contributed by atoms with Gasteiger partial charge in [0.05, 0.1) is 9.92 Å². The van der Waals surface area contributed by atoms with Crippen molar-refractivity contribution in [2.24, 2.45) is 0 Å². The predicted octanol–water partition coefficient (Wildman–Crippen LogP) is 3.00. The third-order valence-electron chi connectivity index (χ3n) is 5.11. The van der Waals surface area contributed by atoms with Crippen molar-refractivity contribution in [3.8, 4) is 0 Å². The maximum atomic E-state index is 13.7. The van der Waals surface area contributed by atoms with Crippen LogP contribution in [-0.4, -0.2) is 49.1 Å². The molecule has 10 heteroatoms. The Morgan fingerprint density at radius 2 is 2.00 bits per heavy atom. The zero-order chi connectivity index (χ0) is 21.6. The fraction of sp³-hybridized carbons (Fsp3) is 0.250. The number of aliphatic hydroxyl groups excluding tert-OH is 1. The zero-order valence-corrected chi connectivity index (χ0v) is 17.1. The first-order chi connectivity index (χ1) is 14.2. The molecule has 2 N–H and O–H groups in total. The second-order valence-electron chi connectivity index (χ2n) is 7.14. The lowest BCUT2D eigenvalue weighted by Gasteiger charge is -2.18. The van der Waals surface area contributed by atoms with Gasteiger partial charge in [-0.25, -0.2) is 17.2 Å². The number of amides is 1. The third-order valence-corrected chi connectivity index (χ3v) is 7.21. The van der Waals surface area contributed by atoms with Crippen molar-refractivity contribution in [2.75, 3.05) is 18.4 Å². The summed E-state index contributed by atoms with van der Waals surface area (Å²) in [6.45, 7) is -0.803. The van der Waals surface area contributed by atoms with Crippen molar-refractivity contribution >= 4 is 39.3 Å².